The molecule has 1 aliphatic carbocycles. The van der Waals surface area contributed by atoms with Crippen LogP contribution in [0.3, 0.4) is 0 Å². The third-order valence-corrected chi connectivity index (χ3v) is 3.67. The second-order valence-corrected chi connectivity index (χ2v) is 5.19. The first-order chi connectivity index (χ1) is 8.43. The van der Waals surface area contributed by atoms with Gasteiger partial charge in [0.25, 0.3) is 0 Å². The van der Waals surface area contributed by atoms with Crippen molar-refractivity contribution >= 4 is 0 Å². The van der Waals surface area contributed by atoms with Gasteiger partial charge in [-0.1, -0.05) is 6.42 Å². The van der Waals surface area contributed by atoms with E-state index in [-0.39, 0.29) is 0 Å². The lowest BCUT2D eigenvalue weighted by Crippen LogP contribution is -2.37. The number of hydrogen-bond donors (Lipinski definition) is 1. The smallest absolute Gasteiger partial charge is 0.0951 e. The molecular weight excluding hydrogens is 214 g/mol. The molecule has 0 spiro atoms. The minimum Gasteiger partial charge on any atom is -0.374 e. The Balaban J connectivity index is 1.45. The molecule has 94 valence electrons. The minimum atomic E-state index is 0.557. The normalized spacial score (nSPS) is 25.1. The Kier molecular flexibility index (Phi) is 3.43. The number of aromatic nitrogens is 2. The highest BCUT2D eigenvalue weighted by Crippen LogP contribution is 2.35. The molecule has 1 N–H and O–H groups in total. The molecule has 0 amide bonds. The molecule has 1 saturated carbocycles. The van der Waals surface area contributed by atoms with Gasteiger partial charge in [-0.15, -0.1) is 0 Å². The SMILES string of the molecule is c1ncn(C2CC2)c1COCC1CCCCN1. The van der Waals surface area contributed by atoms with Crippen molar-refractivity contribution in [2.75, 3.05) is 13.2 Å². The Labute approximate surface area is 102 Å². The maximum absolute atomic E-state index is 5.81. The Morgan fingerprint density at radius 1 is 1.35 bits per heavy atom. The number of imidazole rings is 1. The maximum atomic E-state index is 5.81. The van der Waals surface area contributed by atoms with Crippen molar-refractivity contribution in [1.82, 2.24) is 14.9 Å². The van der Waals surface area contributed by atoms with E-state index in [9.17, 15) is 0 Å². The molecule has 0 aromatic carbocycles. The summed E-state index contributed by atoms with van der Waals surface area (Å²) in [4.78, 5) is 4.22. The fourth-order valence-electron chi connectivity index (χ4n) is 2.50. The van der Waals surface area contributed by atoms with Crippen LogP contribution in [-0.2, 0) is 11.3 Å². The van der Waals surface area contributed by atoms with E-state index < -0.39 is 0 Å². The molecule has 4 nitrogen and oxygen atoms in total. The van der Waals surface area contributed by atoms with Crippen LogP contribution in [0.1, 0.15) is 43.8 Å². The molecule has 1 aromatic rings. The van der Waals surface area contributed by atoms with E-state index in [1.807, 2.05) is 12.5 Å². The minimum absolute atomic E-state index is 0.557. The summed E-state index contributed by atoms with van der Waals surface area (Å²) in [6, 6.07) is 1.25. The Bertz CT molecular complexity index is 353. The molecule has 1 aromatic heterocycles. The van der Waals surface area contributed by atoms with Crippen LogP contribution in [0.4, 0.5) is 0 Å². The number of piperidine rings is 1. The molecule has 2 heterocycles. The summed E-state index contributed by atoms with van der Waals surface area (Å²) in [5.41, 5.74) is 1.23. The number of ether oxygens (including phenoxy) is 1. The van der Waals surface area contributed by atoms with Crippen LogP contribution in [0, 0.1) is 0 Å². The number of hydrogen-bond acceptors (Lipinski definition) is 3. The maximum Gasteiger partial charge on any atom is 0.0951 e. The van der Waals surface area contributed by atoms with Crippen molar-refractivity contribution in [3.63, 3.8) is 0 Å². The van der Waals surface area contributed by atoms with Crippen LogP contribution in [0.25, 0.3) is 0 Å². The van der Waals surface area contributed by atoms with E-state index in [0.717, 1.165) is 13.2 Å². The van der Waals surface area contributed by atoms with Crippen LogP contribution >= 0.6 is 0 Å². The largest absolute Gasteiger partial charge is 0.374 e. The first-order valence-electron chi connectivity index (χ1n) is 6.75. The number of nitrogens with zero attached hydrogens (tertiary/aromatic N) is 2. The van der Waals surface area contributed by atoms with Crippen LogP contribution in [-0.4, -0.2) is 28.7 Å². The zero-order chi connectivity index (χ0) is 11.5. The molecule has 17 heavy (non-hydrogen) atoms. The molecule has 0 radical (unpaired) electrons. The molecule has 3 rings (SSSR count). The van der Waals surface area contributed by atoms with E-state index >= 15 is 0 Å². The van der Waals surface area contributed by atoms with Crippen molar-refractivity contribution in [3.05, 3.63) is 18.2 Å². The van der Waals surface area contributed by atoms with Gasteiger partial charge in [0.15, 0.2) is 0 Å². The molecule has 2 aliphatic rings. The third kappa shape index (κ3) is 2.87. The van der Waals surface area contributed by atoms with Crippen molar-refractivity contribution in [2.45, 2.75) is 50.8 Å². The Morgan fingerprint density at radius 3 is 3.06 bits per heavy atom. The van der Waals surface area contributed by atoms with Gasteiger partial charge in [-0.3, -0.25) is 0 Å². The second kappa shape index (κ2) is 5.19. The third-order valence-electron chi connectivity index (χ3n) is 3.67. The highest BCUT2D eigenvalue weighted by atomic mass is 16.5. The van der Waals surface area contributed by atoms with Gasteiger partial charge in [0.2, 0.25) is 0 Å². The van der Waals surface area contributed by atoms with Crippen molar-refractivity contribution < 1.29 is 4.74 Å². The van der Waals surface area contributed by atoms with Gasteiger partial charge in [-0.05, 0) is 32.2 Å². The predicted octanol–water partition coefficient (Wildman–Crippen LogP) is 1.88. The lowest BCUT2D eigenvalue weighted by Gasteiger charge is -2.23. The van der Waals surface area contributed by atoms with Gasteiger partial charge < -0.3 is 14.6 Å². The van der Waals surface area contributed by atoms with Crippen LogP contribution < -0.4 is 5.32 Å². The zero-order valence-corrected chi connectivity index (χ0v) is 10.3. The topological polar surface area (TPSA) is 39.1 Å². The van der Waals surface area contributed by atoms with Crippen LogP contribution in [0.15, 0.2) is 12.5 Å². The van der Waals surface area contributed by atoms with Gasteiger partial charge in [0.05, 0.1) is 31.4 Å². The van der Waals surface area contributed by atoms with Crippen molar-refractivity contribution in [1.29, 1.82) is 0 Å². The number of nitrogens with one attached hydrogen (secondary N) is 1. The molecular formula is C13H21N3O. The molecule has 0 bridgehead atoms. The average molecular weight is 235 g/mol. The molecule has 1 saturated heterocycles. The van der Waals surface area contributed by atoms with Gasteiger partial charge in [0.1, 0.15) is 0 Å². The lowest BCUT2D eigenvalue weighted by molar-refractivity contribution is 0.0871. The molecule has 1 aliphatic heterocycles. The Morgan fingerprint density at radius 2 is 2.29 bits per heavy atom. The van der Waals surface area contributed by atoms with Crippen LogP contribution in [0.2, 0.25) is 0 Å². The summed E-state index contributed by atoms with van der Waals surface area (Å²) in [6.07, 6.45) is 10.4. The lowest BCUT2D eigenvalue weighted by atomic mass is 10.1. The molecule has 1 atom stereocenters. The standard InChI is InChI=1S/C13H21N3O/c1-2-6-15-11(3-1)8-17-9-13-7-14-10-16(13)12-4-5-12/h7,10-12,15H,1-6,8-9H2. The van der Waals surface area contributed by atoms with E-state index in [2.05, 4.69) is 14.9 Å². The van der Waals surface area contributed by atoms with Crippen molar-refractivity contribution in [2.24, 2.45) is 0 Å². The van der Waals surface area contributed by atoms with E-state index in [1.165, 1.54) is 37.8 Å². The molecule has 1 unspecified atom stereocenters. The summed E-state index contributed by atoms with van der Waals surface area (Å²) in [5, 5.41) is 3.50. The predicted molar refractivity (Wildman–Crippen MR) is 65.8 cm³/mol. The second-order valence-electron chi connectivity index (χ2n) is 5.19. The van der Waals surface area contributed by atoms with E-state index in [0.29, 0.717) is 18.7 Å². The summed E-state index contributed by atoms with van der Waals surface area (Å²) in [5.74, 6) is 0. The summed E-state index contributed by atoms with van der Waals surface area (Å²) < 4.78 is 8.08. The molecule has 4 heteroatoms. The van der Waals surface area contributed by atoms with Gasteiger partial charge in [-0.25, -0.2) is 4.98 Å². The van der Waals surface area contributed by atoms with Gasteiger partial charge in [0, 0.05) is 12.1 Å². The Hall–Kier alpha value is -0.870. The summed E-state index contributed by atoms with van der Waals surface area (Å²) >= 11 is 0. The van der Waals surface area contributed by atoms with Crippen LogP contribution in [0.5, 0.6) is 0 Å². The average Bonchev–Trinajstić information content (AvgIpc) is 3.11. The highest BCUT2D eigenvalue weighted by molar-refractivity contribution is 5.02. The fraction of sp³-hybridized carbons (Fsp3) is 0.769. The van der Waals surface area contributed by atoms with E-state index in [1.54, 1.807) is 0 Å². The fourth-order valence-corrected chi connectivity index (χ4v) is 2.50. The zero-order valence-electron chi connectivity index (χ0n) is 10.3. The molecule has 2 fully saturated rings. The summed E-state index contributed by atoms with van der Waals surface area (Å²) in [6.45, 7) is 2.68. The van der Waals surface area contributed by atoms with E-state index in [4.69, 9.17) is 4.74 Å². The highest BCUT2D eigenvalue weighted by Gasteiger charge is 2.25. The summed E-state index contributed by atoms with van der Waals surface area (Å²) in [7, 11) is 0. The monoisotopic (exact) mass is 235 g/mol. The van der Waals surface area contributed by atoms with Gasteiger partial charge in [-0.2, -0.15) is 0 Å². The first kappa shape index (κ1) is 11.2. The van der Waals surface area contributed by atoms with Crippen molar-refractivity contribution in [3.8, 4) is 0 Å². The number of rotatable bonds is 5. The van der Waals surface area contributed by atoms with Gasteiger partial charge >= 0.3 is 0 Å². The quantitative estimate of drug-likeness (QED) is 0.847. The first-order valence-corrected chi connectivity index (χ1v) is 6.75.